The van der Waals surface area contributed by atoms with Crippen molar-refractivity contribution in [3.05, 3.63) is 163 Å². The van der Waals surface area contributed by atoms with E-state index in [0.29, 0.717) is 17.2 Å². The molecule has 344 valence electrons. The van der Waals surface area contributed by atoms with Crippen LogP contribution in [0, 0.1) is 61.7 Å². The Morgan fingerprint density at radius 3 is 1.16 bits per heavy atom. The number of hydrogen-bond donors (Lipinski definition) is 2. The van der Waals surface area contributed by atoms with Gasteiger partial charge in [-0.1, -0.05) is 43.9 Å². The first kappa shape index (κ1) is 46.3. The third-order valence-corrected chi connectivity index (χ3v) is 13.7. The number of aromatic nitrogens is 4. The maximum Gasteiger partial charge on any atom is 0.338 e. The summed E-state index contributed by atoms with van der Waals surface area (Å²) in [6.07, 6.45) is 5.35. The summed E-state index contributed by atoms with van der Waals surface area (Å²) in [6, 6.07) is 18.9. The van der Waals surface area contributed by atoms with Gasteiger partial charge in [-0.05, 0) is 113 Å². The molecular weight excluding hydrogens is 1030 g/mol. The Morgan fingerprint density at radius 2 is 0.794 bits per heavy atom. The number of rotatable bonds is 8. The van der Waals surface area contributed by atoms with Crippen LogP contribution < -0.4 is 0 Å². The van der Waals surface area contributed by atoms with E-state index in [4.69, 9.17) is 4.74 Å². The van der Waals surface area contributed by atoms with Crippen molar-refractivity contribution in [1.82, 2.24) is 19.9 Å². The molecule has 18 heteroatoms. The number of carbonyl (C=O) groups is 1. The molecule has 0 atom stereocenters. The van der Waals surface area contributed by atoms with Gasteiger partial charge in [-0.15, -0.1) is 0 Å². The number of carbonyl (C=O) groups excluding carboxylic acids is 1. The van der Waals surface area contributed by atoms with Gasteiger partial charge in [-0.25, -0.2) is 58.7 Å². The summed E-state index contributed by atoms with van der Waals surface area (Å²) in [6.45, 7) is 6.55. The van der Waals surface area contributed by atoms with E-state index in [1.807, 2.05) is 0 Å². The molecule has 7 aromatic rings. The predicted octanol–water partition coefficient (Wildman–Crippen LogP) is 14.8. The van der Waals surface area contributed by atoms with Gasteiger partial charge in [0.05, 0.1) is 46.1 Å². The molecule has 2 N–H and O–H groups in total. The van der Waals surface area contributed by atoms with Crippen molar-refractivity contribution in [3.8, 4) is 44.5 Å². The number of halogens is 11. The van der Waals surface area contributed by atoms with Crippen LogP contribution in [0.3, 0.4) is 0 Å². The standard InChI is InChI=1S/C50H31F10IN4O2Si/c1-68(2,3)21-20-67-50(66)24-6-4-22(5-7-24)34-26-12-16-30(62-26)36(38-40(51)44(55)48(59)45(56)41(38)52)32-18-14-28(64-32)35(23-8-10-25(61)11-9-23)29-15-19-33(65-29)37(31-17-13-27(34)63-31)39-42(53)46(57)49(60)47(58)43(39)54/h4-19,62,65H,20-21H2,1-3H3. The van der Waals surface area contributed by atoms with Crippen LogP contribution in [0.25, 0.3) is 90.9 Å². The van der Waals surface area contributed by atoms with E-state index in [2.05, 4.69) is 62.2 Å². The van der Waals surface area contributed by atoms with Gasteiger partial charge in [0.15, 0.2) is 46.5 Å². The third kappa shape index (κ3) is 8.22. The van der Waals surface area contributed by atoms with Crippen molar-refractivity contribution in [2.75, 3.05) is 6.61 Å². The van der Waals surface area contributed by atoms with E-state index in [-0.39, 0.29) is 68.1 Å². The summed E-state index contributed by atoms with van der Waals surface area (Å²) >= 11 is 2.06. The molecule has 4 aromatic carbocycles. The van der Waals surface area contributed by atoms with E-state index < -0.39 is 94.5 Å². The van der Waals surface area contributed by atoms with Crippen LogP contribution in [-0.2, 0) is 4.74 Å². The van der Waals surface area contributed by atoms with Crippen LogP contribution in [0.5, 0.6) is 0 Å². The molecule has 3 aromatic heterocycles. The highest BCUT2D eigenvalue weighted by Crippen LogP contribution is 2.42. The molecule has 68 heavy (non-hydrogen) atoms. The predicted molar refractivity (Wildman–Crippen MR) is 251 cm³/mol. The van der Waals surface area contributed by atoms with E-state index in [0.717, 1.165) is 3.57 Å². The molecule has 9 rings (SSSR count). The molecule has 2 aliphatic heterocycles. The fourth-order valence-electron chi connectivity index (χ4n) is 7.91. The molecule has 0 spiro atoms. The Morgan fingerprint density at radius 1 is 0.471 bits per heavy atom. The Balaban J connectivity index is 1.43. The monoisotopic (exact) mass is 1060 g/mol. The van der Waals surface area contributed by atoms with Gasteiger partial charge >= 0.3 is 5.97 Å². The zero-order chi connectivity index (χ0) is 48.5. The minimum absolute atomic E-state index is 0.00301. The molecule has 2 aliphatic rings. The van der Waals surface area contributed by atoms with Crippen molar-refractivity contribution < 1.29 is 53.4 Å². The van der Waals surface area contributed by atoms with Crippen LogP contribution in [-0.4, -0.2) is 40.6 Å². The van der Waals surface area contributed by atoms with Crippen molar-refractivity contribution >= 4 is 83.0 Å². The average Bonchev–Trinajstić information content (AvgIpc) is 4.17. The molecule has 8 bridgehead atoms. The molecule has 0 amide bonds. The number of aromatic amines is 2. The Hall–Kier alpha value is -6.80. The molecular formula is C50H31F10IN4O2Si. The molecule has 5 heterocycles. The number of benzene rings is 4. The fraction of sp³-hybridized carbons (Fsp3) is 0.100. The minimum atomic E-state index is -2.38. The van der Waals surface area contributed by atoms with E-state index in [1.165, 1.54) is 72.8 Å². The van der Waals surface area contributed by atoms with Gasteiger partial charge in [0.25, 0.3) is 0 Å². The summed E-state index contributed by atoms with van der Waals surface area (Å²) in [5.74, 6) is -22.8. The van der Waals surface area contributed by atoms with Gasteiger partial charge in [0.1, 0.15) is 0 Å². The summed E-state index contributed by atoms with van der Waals surface area (Å²) in [4.78, 5) is 28.5. The van der Waals surface area contributed by atoms with Gasteiger partial charge in [0, 0.05) is 56.0 Å². The number of nitrogens with zero attached hydrogens (tertiary/aromatic N) is 2. The average molecular weight is 1060 g/mol. The number of fused-ring (bicyclic) bond motifs is 8. The molecule has 0 unspecified atom stereocenters. The zero-order valence-electron chi connectivity index (χ0n) is 35.5. The van der Waals surface area contributed by atoms with E-state index in [1.54, 1.807) is 24.3 Å². The van der Waals surface area contributed by atoms with Gasteiger partial charge in [-0.3, -0.25) is 0 Å². The topological polar surface area (TPSA) is 83.7 Å². The van der Waals surface area contributed by atoms with Crippen LogP contribution in [0.4, 0.5) is 43.9 Å². The number of esters is 1. The van der Waals surface area contributed by atoms with Crippen molar-refractivity contribution in [2.24, 2.45) is 0 Å². The van der Waals surface area contributed by atoms with Crippen LogP contribution >= 0.6 is 22.6 Å². The fourth-order valence-corrected chi connectivity index (χ4v) is 8.98. The lowest BCUT2D eigenvalue weighted by atomic mass is 10.0. The first-order chi connectivity index (χ1) is 32.3. The summed E-state index contributed by atoms with van der Waals surface area (Å²) in [7, 11) is -1.56. The molecule has 0 aliphatic carbocycles. The van der Waals surface area contributed by atoms with Crippen molar-refractivity contribution in [3.63, 3.8) is 0 Å². The molecule has 0 saturated heterocycles. The van der Waals surface area contributed by atoms with Crippen LogP contribution in [0.2, 0.25) is 25.7 Å². The zero-order valence-corrected chi connectivity index (χ0v) is 38.7. The summed E-state index contributed by atoms with van der Waals surface area (Å²) < 4.78 is 160. The second-order valence-corrected chi connectivity index (χ2v) is 23.8. The first-order valence-electron chi connectivity index (χ1n) is 20.6. The second-order valence-electron chi connectivity index (χ2n) is 16.9. The highest BCUT2D eigenvalue weighted by Gasteiger charge is 2.32. The maximum atomic E-state index is 16.0. The number of hydrogen-bond acceptors (Lipinski definition) is 4. The maximum absolute atomic E-state index is 16.0. The number of H-pyrrole nitrogens is 2. The van der Waals surface area contributed by atoms with Gasteiger partial charge in [-0.2, -0.15) is 0 Å². The van der Waals surface area contributed by atoms with E-state index in [9.17, 15) is 13.6 Å². The molecule has 0 fully saturated rings. The lowest BCUT2D eigenvalue weighted by molar-refractivity contribution is 0.0525. The van der Waals surface area contributed by atoms with E-state index >= 15 is 35.1 Å². The lowest BCUT2D eigenvalue weighted by Gasteiger charge is -2.15. The normalized spacial score (nSPS) is 12.3. The van der Waals surface area contributed by atoms with Gasteiger partial charge < -0.3 is 14.7 Å². The van der Waals surface area contributed by atoms with Crippen molar-refractivity contribution in [2.45, 2.75) is 25.7 Å². The third-order valence-electron chi connectivity index (χ3n) is 11.3. The van der Waals surface area contributed by atoms with Crippen molar-refractivity contribution in [1.29, 1.82) is 0 Å². The summed E-state index contributed by atoms with van der Waals surface area (Å²) in [5, 5.41) is 0. The second kappa shape index (κ2) is 17.7. The molecule has 6 nitrogen and oxygen atoms in total. The highest BCUT2D eigenvalue weighted by atomic mass is 127. The van der Waals surface area contributed by atoms with Crippen LogP contribution in [0.15, 0.2) is 72.8 Å². The van der Waals surface area contributed by atoms with Gasteiger partial charge in [0.2, 0.25) is 11.6 Å². The Bertz CT molecular complexity index is 3380. The number of ether oxygens (including phenoxy) is 1. The number of nitrogens with one attached hydrogen (secondary N) is 2. The molecule has 0 saturated carbocycles. The quantitative estimate of drug-likeness (QED) is 0.0397. The van der Waals surface area contributed by atoms with Crippen LogP contribution in [0.1, 0.15) is 33.1 Å². The minimum Gasteiger partial charge on any atom is -0.462 e. The lowest BCUT2D eigenvalue weighted by Crippen LogP contribution is -2.22. The summed E-state index contributed by atoms with van der Waals surface area (Å²) in [5.41, 5.74) is -3.02. The first-order valence-corrected chi connectivity index (χ1v) is 25.3. The molecule has 0 radical (unpaired) electrons. The smallest absolute Gasteiger partial charge is 0.338 e. The SMILES string of the molecule is C[Si](C)(C)CCOC(=O)c1ccc(-c2c3nc(c(-c4c(F)c(F)c(F)c(F)c4F)c4ccc([nH]4)c(-c4ccc(I)cc4)c4nc(c(-c5c(F)c(F)c(F)c(F)c5F)c5ccc2[nH]5)C=C4)C=C3)cc1. The highest BCUT2D eigenvalue weighted by molar-refractivity contribution is 14.1. The Labute approximate surface area is 394 Å². The largest absolute Gasteiger partial charge is 0.462 e. The Kier molecular flexibility index (Phi) is 12.0.